The first-order valence-electron chi connectivity index (χ1n) is 9.83. The minimum atomic E-state index is 0.204. The van der Waals surface area contributed by atoms with E-state index in [1.165, 1.54) is 11.1 Å². The van der Waals surface area contributed by atoms with Crippen LogP contribution in [0.5, 0.6) is 0 Å². The predicted octanol–water partition coefficient (Wildman–Crippen LogP) is 6.75. The van der Waals surface area contributed by atoms with Gasteiger partial charge in [-0.25, -0.2) is 0 Å². The van der Waals surface area contributed by atoms with Crippen LogP contribution in [-0.2, 0) is 6.42 Å². The molecule has 0 saturated carbocycles. The van der Waals surface area contributed by atoms with Gasteiger partial charge in [0.05, 0.1) is 16.8 Å². The highest BCUT2D eigenvalue weighted by Crippen LogP contribution is 2.36. The van der Waals surface area contributed by atoms with Crippen LogP contribution in [0.1, 0.15) is 17.2 Å². The van der Waals surface area contributed by atoms with Crippen LogP contribution in [0.4, 0.5) is 5.69 Å². The van der Waals surface area contributed by atoms with Gasteiger partial charge in [0.25, 0.3) is 0 Å². The normalized spacial score (nSPS) is 17.5. The van der Waals surface area contributed by atoms with Gasteiger partial charge in [0, 0.05) is 36.2 Å². The second kappa shape index (κ2) is 9.40. The molecule has 29 heavy (non-hydrogen) atoms. The van der Waals surface area contributed by atoms with Gasteiger partial charge in [0.1, 0.15) is 0 Å². The molecule has 1 aliphatic rings. The van der Waals surface area contributed by atoms with E-state index >= 15 is 0 Å². The van der Waals surface area contributed by atoms with Crippen molar-refractivity contribution in [2.45, 2.75) is 12.5 Å². The maximum absolute atomic E-state index is 6.56. The average Bonchev–Trinajstić information content (AvgIpc) is 2.74. The van der Waals surface area contributed by atoms with Crippen molar-refractivity contribution < 1.29 is 0 Å². The lowest BCUT2D eigenvalue weighted by molar-refractivity contribution is 0.226. The number of rotatable bonds is 5. The summed E-state index contributed by atoms with van der Waals surface area (Å²) in [5.74, 6) is 0. The lowest BCUT2D eigenvalue weighted by atomic mass is 10.0. The fourth-order valence-corrected chi connectivity index (χ4v) is 4.59. The quantitative estimate of drug-likeness (QED) is 0.428. The second-order valence-electron chi connectivity index (χ2n) is 7.39. The first-order valence-corrected chi connectivity index (χ1v) is 11.0. The Balaban J connectivity index is 1.56. The van der Waals surface area contributed by atoms with Crippen molar-refractivity contribution in [3.63, 3.8) is 0 Å². The number of nitrogens with zero attached hydrogens (tertiary/aromatic N) is 2. The summed E-state index contributed by atoms with van der Waals surface area (Å²) in [6.45, 7) is 3.88. The lowest BCUT2D eigenvalue weighted by Gasteiger charge is -2.43. The third kappa shape index (κ3) is 5.07. The summed E-state index contributed by atoms with van der Waals surface area (Å²) < 4.78 is 0. The van der Waals surface area contributed by atoms with Crippen LogP contribution in [0.2, 0.25) is 15.1 Å². The molecule has 5 heteroatoms. The van der Waals surface area contributed by atoms with Gasteiger partial charge >= 0.3 is 0 Å². The van der Waals surface area contributed by atoms with Crippen molar-refractivity contribution in [3.05, 3.63) is 99.0 Å². The molecule has 0 bridgehead atoms. The molecule has 0 aromatic heterocycles. The van der Waals surface area contributed by atoms with Gasteiger partial charge in [-0.05, 0) is 47.9 Å². The summed E-state index contributed by atoms with van der Waals surface area (Å²) in [5, 5.41) is 2.10. The van der Waals surface area contributed by atoms with Gasteiger partial charge in [-0.2, -0.15) is 0 Å². The van der Waals surface area contributed by atoms with Crippen molar-refractivity contribution in [3.8, 4) is 0 Å². The molecule has 3 aromatic rings. The molecule has 1 aliphatic heterocycles. The molecule has 3 aromatic carbocycles. The minimum absolute atomic E-state index is 0.204. The highest BCUT2D eigenvalue weighted by Gasteiger charge is 2.29. The predicted molar refractivity (Wildman–Crippen MR) is 125 cm³/mol. The van der Waals surface area contributed by atoms with E-state index in [0.29, 0.717) is 10.0 Å². The summed E-state index contributed by atoms with van der Waals surface area (Å²) in [7, 11) is 0. The molecule has 4 rings (SSSR count). The van der Waals surface area contributed by atoms with Crippen LogP contribution >= 0.6 is 34.8 Å². The van der Waals surface area contributed by atoms with Crippen molar-refractivity contribution in [1.29, 1.82) is 0 Å². The van der Waals surface area contributed by atoms with Crippen molar-refractivity contribution in [1.82, 2.24) is 4.90 Å². The summed E-state index contributed by atoms with van der Waals surface area (Å²) in [6, 6.07) is 24.8. The van der Waals surface area contributed by atoms with E-state index in [9.17, 15) is 0 Å². The number of hydrogen-bond acceptors (Lipinski definition) is 2. The topological polar surface area (TPSA) is 6.48 Å². The van der Waals surface area contributed by atoms with Crippen LogP contribution in [-0.4, -0.2) is 31.1 Å². The summed E-state index contributed by atoms with van der Waals surface area (Å²) in [5.41, 5.74) is 3.64. The average molecular weight is 446 g/mol. The molecule has 2 nitrogen and oxygen atoms in total. The third-order valence-electron chi connectivity index (χ3n) is 5.50. The van der Waals surface area contributed by atoms with E-state index in [-0.39, 0.29) is 6.04 Å². The van der Waals surface area contributed by atoms with Gasteiger partial charge in [0.15, 0.2) is 0 Å². The SMILES string of the molecule is Clc1ccc(C2CN(CCc3ccccc3)CCN2c2ccc(Cl)cc2Cl)cc1. The van der Waals surface area contributed by atoms with Gasteiger partial charge < -0.3 is 4.90 Å². The first kappa shape index (κ1) is 20.6. The van der Waals surface area contributed by atoms with Gasteiger partial charge in [-0.3, -0.25) is 4.90 Å². The molecular formula is C24H23Cl3N2. The van der Waals surface area contributed by atoms with E-state index in [1.807, 2.05) is 30.3 Å². The van der Waals surface area contributed by atoms with Crippen LogP contribution in [0, 0.1) is 0 Å². The molecule has 1 saturated heterocycles. The second-order valence-corrected chi connectivity index (χ2v) is 8.67. The van der Waals surface area contributed by atoms with Crippen molar-refractivity contribution in [2.24, 2.45) is 0 Å². The number of piperazine rings is 1. The van der Waals surface area contributed by atoms with Gasteiger partial charge in [0.2, 0.25) is 0 Å². The van der Waals surface area contributed by atoms with E-state index in [2.05, 4.69) is 52.3 Å². The zero-order chi connectivity index (χ0) is 20.2. The lowest BCUT2D eigenvalue weighted by Crippen LogP contribution is -2.49. The number of benzene rings is 3. The zero-order valence-corrected chi connectivity index (χ0v) is 18.3. The van der Waals surface area contributed by atoms with Crippen LogP contribution < -0.4 is 4.90 Å². The van der Waals surface area contributed by atoms with E-state index < -0.39 is 0 Å². The highest BCUT2D eigenvalue weighted by molar-refractivity contribution is 6.36. The molecule has 1 heterocycles. The Kier molecular flexibility index (Phi) is 6.67. The largest absolute Gasteiger partial charge is 0.361 e. The molecule has 1 unspecified atom stereocenters. The number of anilines is 1. The fraction of sp³-hybridized carbons (Fsp3) is 0.250. The smallest absolute Gasteiger partial charge is 0.0670 e. The van der Waals surface area contributed by atoms with Crippen LogP contribution in [0.3, 0.4) is 0 Å². The molecule has 1 fully saturated rings. The molecule has 0 aliphatic carbocycles. The number of halogens is 3. The molecule has 1 atom stereocenters. The summed E-state index contributed by atoms with van der Waals surface area (Å²) in [6.07, 6.45) is 1.05. The summed E-state index contributed by atoms with van der Waals surface area (Å²) in [4.78, 5) is 4.92. The Labute approximate surface area is 187 Å². The molecule has 150 valence electrons. The molecule has 0 radical (unpaired) electrons. The maximum atomic E-state index is 6.56. The summed E-state index contributed by atoms with van der Waals surface area (Å²) >= 11 is 18.8. The third-order valence-corrected chi connectivity index (χ3v) is 6.29. The molecular weight excluding hydrogens is 423 g/mol. The molecule has 0 spiro atoms. The number of hydrogen-bond donors (Lipinski definition) is 0. The minimum Gasteiger partial charge on any atom is -0.361 e. The van der Waals surface area contributed by atoms with Crippen LogP contribution in [0.25, 0.3) is 0 Å². The monoisotopic (exact) mass is 444 g/mol. The Hall–Kier alpha value is -1.71. The highest BCUT2D eigenvalue weighted by atomic mass is 35.5. The van der Waals surface area contributed by atoms with E-state index in [0.717, 1.165) is 43.3 Å². The maximum Gasteiger partial charge on any atom is 0.0670 e. The van der Waals surface area contributed by atoms with Crippen molar-refractivity contribution in [2.75, 3.05) is 31.1 Å². The fourth-order valence-electron chi connectivity index (χ4n) is 3.95. The van der Waals surface area contributed by atoms with Gasteiger partial charge in [-0.15, -0.1) is 0 Å². The van der Waals surface area contributed by atoms with Gasteiger partial charge in [-0.1, -0.05) is 77.3 Å². The Morgan fingerprint density at radius 2 is 1.52 bits per heavy atom. The standard InChI is InChI=1S/C24H23Cl3N2/c25-20-8-6-19(7-9-20)24-17-28(13-12-18-4-2-1-3-5-18)14-15-29(24)23-11-10-21(26)16-22(23)27/h1-11,16,24H,12-15,17H2. The molecule has 0 amide bonds. The zero-order valence-electron chi connectivity index (χ0n) is 16.1. The van der Waals surface area contributed by atoms with E-state index in [4.69, 9.17) is 34.8 Å². The first-order chi connectivity index (χ1) is 14.1. The molecule has 0 N–H and O–H groups in total. The Bertz CT molecular complexity index is 944. The van der Waals surface area contributed by atoms with E-state index in [1.54, 1.807) is 0 Å². The van der Waals surface area contributed by atoms with Crippen molar-refractivity contribution >= 4 is 40.5 Å². The Morgan fingerprint density at radius 1 is 0.793 bits per heavy atom. The Morgan fingerprint density at radius 3 is 2.24 bits per heavy atom. The van der Waals surface area contributed by atoms with Crippen LogP contribution in [0.15, 0.2) is 72.8 Å².